The van der Waals surface area contributed by atoms with Gasteiger partial charge in [-0.2, -0.15) is 0 Å². The second-order valence-corrected chi connectivity index (χ2v) is 7.23. The van der Waals surface area contributed by atoms with Crippen molar-refractivity contribution in [3.8, 4) is 5.75 Å². The molecule has 26 heavy (non-hydrogen) atoms. The molecule has 3 aromatic rings. The fraction of sp³-hybridized carbons (Fsp3) is 0.263. The van der Waals surface area contributed by atoms with Gasteiger partial charge in [-0.1, -0.05) is 23.5 Å². The minimum absolute atomic E-state index is 0.0440. The summed E-state index contributed by atoms with van der Waals surface area (Å²) in [5.41, 5.74) is 2.85. The first-order chi connectivity index (χ1) is 12.7. The third kappa shape index (κ3) is 3.79. The Kier molecular flexibility index (Phi) is 4.73. The monoisotopic (exact) mass is 369 g/mol. The fourth-order valence-electron chi connectivity index (χ4n) is 2.85. The van der Waals surface area contributed by atoms with Crippen molar-refractivity contribution in [2.45, 2.75) is 18.9 Å². The molecule has 0 saturated heterocycles. The summed E-state index contributed by atoms with van der Waals surface area (Å²) in [5.74, 6) is 0.737. The number of fused-ring (bicyclic) bond motifs is 2. The van der Waals surface area contributed by atoms with E-state index in [1.54, 1.807) is 17.4 Å². The molecule has 1 aliphatic rings. The van der Waals surface area contributed by atoms with Crippen molar-refractivity contribution in [2.24, 2.45) is 0 Å². The minimum Gasteiger partial charge on any atom is -0.491 e. The number of rotatable bonds is 6. The van der Waals surface area contributed by atoms with Crippen LogP contribution in [0.15, 0.2) is 42.5 Å². The number of ether oxygens (including phenoxy) is 1. The van der Waals surface area contributed by atoms with Crippen molar-refractivity contribution < 1.29 is 14.6 Å². The molecule has 0 spiro atoms. The highest BCUT2D eigenvalue weighted by Gasteiger charge is 2.15. The highest BCUT2D eigenvalue weighted by Crippen LogP contribution is 2.27. The first-order valence-electron chi connectivity index (χ1n) is 8.50. The van der Waals surface area contributed by atoms with Crippen LogP contribution in [0.3, 0.4) is 0 Å². The van der Waals surface area contributed by atoms with Crippen LogP contribution in [0.4, 0.5) is 10.8 Å². The van der Waals surface area contributed by atoms with Crippen molar-refractivity contribution >= 4 is 38.3 Å². The van der Waals surface area contributed by atoms with Crippen LogP contribution in [0.2, 0.25) is 0 Å². The van der Waals surface area contributed by atoms with Crippen molar-refractivity contribution in [2.75, 3.05) is 23.8 Å². The predicted molar refractivity (Wildman–Crippen MR) is 103 cm³/mol. The minimum atomic E-state index is -0.655. The number of hydrogen-bond donors (Lipinski definition) is 3. The van der Waals surface area contributed by atoms with Gasteiger partial charge < -0.3 is 20.5 Å². The highest BCUT2D eigenvalue weighted by atomic mass is 32.1. The van der Waals surface area contributed by atoms with Gasteiger partial charge in [0.25, 0.3) is 0 Å². The molecular weight excluding hydrogens is 350 g/mol. The average Bonchev–Trinajstić information content (AvgIpc) is 3.07. The summed E-state index contributed by atoms with van der Waals surface area (Å²) in [6.07, 6.45) is 0.545. The number of para-hydroxylation sites is 1. The number of anilines is 2. The maximum atomic E-state index is 11.4. The summed E-state index contributed by atoms with van der Waals surface area (Å²) in [6, 6.07) is 13.5. The van der Waals surface area contributed by atoms with E-state index in [4.69, 9.17) is 4.74 Å². The number of thiazole rings is 1. The predicted octanol–water partition coefficient (Wildman–Crippen LogP) is 3.03. The van der Waals surface area contributed by atoms with Crippen molar-refractivity contribution in [1.29, 1.82) is 0 Å². The van der Waals surface area contributed by atoms with Crippen LogP contribution in [0, 0.1) is 0 Å². The molecule has 0 radical (unpaired) electrons. The van der Waals surface area contributed by atoms with Gasteiger partial charge in [0.1, 0.15) is 18.5 Å². The number of nitrogens with zero attached hydrogens (tertiary/aromatic N) is 1. The number of benzene rings is 2. The Hall–Kier alpha value is -2.64. The normalized spacial score (nSPS) is 14.6. The Morgan fingerprint density at radius 3 is 3.04 bits per heavy atom. The Balaban J connectivity index is 1.30. The van der Waals surface area contributed by atoms with Gasteiger partial charge in [-0.25, -0.2) is 4.98 Å². The molecule has 134 valence electrons. The lowest BCUT2D eigenvalue weighted by Crippen LogP contribution is -2.26. The number of nitrogens with one attached hydrogen (secondary N) is 2. The molecule has 0 bridgehead atoms. The van der Waals surface area contributed by atoms with Gasteiger partial charge in [0.05, 0.1) is 10.2 Å². The quantitative estimate of drug-likeness (QED) is 0.622. The second-order valence-electron chi connectivity index (χ2n) is 6.20. The lowest BCUT2D eigenvalue weighted by atomic mass is 10.0. The molecule has 6 nitrogen and oxygen atoms in total. The highest BCUT2D eigenvalue weighted by molar-refractivity contribution is 7.22. The third-order valence-electron chi connectivity index (χ3n) is 4.20. The lowest BCUT2D eigenvalue weighted by Gasteiger charge is -2.18. The van der Waals surface area contributed by atoms with E-state index >= 15 is 0 Å². The average molecular weight is 369 g/mol. The zero-order valence-electron chi connectivity index (χ0n) is 14.1. The molecule has 0 fully saturated rings. The Labute approximate surface area is 154 Å². The largest absolute Gasteiger partial charge is 0.491 e. The van der Waals surface area contributed by atoms with Crippen LogP contribution in [0.25, 0.3) is 10.2 Å². The van der Waals surface area contributed by atoms with Gasteiger partial charge in [-0.3, -0.25) is 4.79 Å². The van der Waals surface area contributed by atoms with Crippen molar-refractivity contribution in [3.05, 3.63) is 48.0 Å². The number of aryl methyl sites for hydroxylation is 1. The molecule has 0 saturated carbocycles. The second kappa shape index (κ2) is 7.31. The van der Waals surface area contributed by atoms with Crippen LogP contribution >= 0.6 is 11.3 Å². The van der Waals surface area contributed by atoms with Crippen LogP contribution in [0.1, 0.15) is 12.0 Å². The van der Waals surface area contributed by atoms with Crippen LogP contribution in [-0.2, 0) is 11.2 Å². The van der Waals surface area contributed by atoms with E-state index in [0.717, 1.165) is 26.6 Å². The molecular formula is C19H19N3O3S. The molecule has 7 heteroatoms. The molecule has 1 aliphatic heterocycles. The number of carbonyl (C=O) groups excluding carboxylic acids is 1. The Bertz CT molecular complexity index is 908. The van der Waals surface area contributed by atoms with Gasteiger partial charge in [0, 0.05) is 18.7 Å². The Morgan fingerprint density at radius 1 is 1.27 bits per heavy atom. The van der Waals surface area contributed by atoms with E-state index in [9.17, 15) is 9.90 Å². The number of amides is 1. The molecule has 0 unspecified atom stereocenters. The lowest BCUT2D eigenvalue weighted by molar-refractivity contribution is -0.116. The van der Waals surface area contributed by atoms with E-state index in [1.807, 2.05) is 36.4 Å². The van der Waals surface area contributed by atoms with E-state index in [1.165, 1.54) is 0 Å². The van der Waals surface area contributed by atoms with E-state index < -0.39 is 6.10 Å². The molecule has 4 rings (SSSR count). The van der Waals surface area contributed by atoms with Gasteiger partial charge in [0.15, 0.2) is 5.13 Å². The van der Waals surface area contributed by atoms with E-state index in [-0.39, 0.29) is 12.5 Å². The van der Waals surface area contributed by atoms with Crippen molar-refractivity contribution in [1.82, 2.24) is 4.98 Å². The summed E-state index contributed by atoms with van der Waals surface area (Å²) in [4.78, 5) is 15.9. The summed E-state index contributed by atoms with van der Waals surface area (Å²) in [7, 11) is 0. The number of aliphatic hydroxyl groups is 1. The smallest absolute Gasteiger partial charge is 0.224 e. The maximum Gasteiger partial charge on any atom is 0.224 e. The van der Waals surface area contributed by atoms with Gasteiger partial charge in [-0.05, 0) is 42.3 Å². The molecule has 0 aliphatic carbocycles. The molecule has 1 amide bonds. The van der Waals surface area contributed by atoms with Crippen LogP contribution < -0.4 is 15.4 Å². The van der Waals surface area contributed by atoms with Crippen LogP contribution in [-0.4, -0.2) is 35.3 Å². The molecule has 2 aromatic carbocycles. The zero-order chi connectivity index (χ0) is 17.9. The topological polar surface area (TPSA) is 83.5 Å². The van der Waals surface area contributed by atoms with Gasteiger partial charge >= 0.3 is 0 Å². The molecule has 3 N–H and O–H groups in total. The fourth-order valence-corrected chi connectivity index (χ4v) is 3.73. The number of hydrogen-bond acceptors (Lipinski definition) is 6. The third-order valence-corrected chi connectivity index (χ3v) is 5.19. The first-order valence-corrected chi connectivity index (χ1v) is 9.32. The summed E-state index contributed by atoms with van der Waals surface area (Å²) in [6.45, 7) is 0.545. The summed E-state index contributed by atoms with van der Waals surface area (Å²) in [5, 5.41) is 16.9. The van der Waals surface area contributed by atoms with E-state index in [2.05, 4.69) is 15.6 Å². The number of carbonyl (C=O) groups is 1. The zero-order valence-corrected chi connectivity index (χ0v) is 14.9. The van der Waals surface area contributed by atoms with Crippen LogP contribution in [0.5, 0.6) is 5.75 Å². The Morgan fingerprint density at radius 2 is 2.15 bits per heavy atom. The molecule has 1 atom stereocenters. The number of aliphatic hydroxyl groups excluding tert-OH is 1. The SMILES string of the molecule is O=C1CCc2cc(OC[C@H](O)CNc3nc4ccccc4s3)ccc2N1. The number of aromatic nitrogens is 1. The summed E-state index contributed by atoms with van der Waals surface area (Å²) < 4.78 is 6.80. The standard InChI is InChI=1S/C19H19N3O3S/c23-13(10-20-19-22-16-3-1-2-4-17(16)26-19)11-25-14-6-7-15-12(9-14)5-8-18(24)21-15/h1-4,6-7,9,13,23H,5,8,10-11H2,(H,20,22)(H,21,24)/t13-/m1/s1. The summed E-state index contributed by atoms with van der Waals surface area (Å²) >= 11 is 1.56. The first kappa shape index (κ1) is 16.8. The van der Waals surface area contributed by atoms with Gasteiger partial charge in [-0.15, -0.1) is 0 Å². The molecule has 1 aromatic heterocycles. The maximum absolute atomic E-state index is 11.4. The molecule has 2 heterocycles. The van der Waals surface area contributed by atoms with E-state index in [0.29, 0.717) is 25.1 Å². The van der Waals surface area contributed by atoms with Crippen molar-refractivity contribution in [3.63, 3.8) is 0 Å². The van der Waals surface area contributed by atoms with Gasteiger partial charge in [0.2, 0.25) is 5.91 Å².